The number of aromatic nitrogens is 2. The molecule has 0 amide bonds. The molecule has 0 unspecified atom stereocenters. The molecule has 2 nitrogen and oxygen atoms in total. The van der Waals surface area contributed by atoms with Gasteiger partial charge in [-0.3, -0.25) is 0 Å². The second kappa shape index (κ2) is 4.18. The molecule has 0 bridgehead atoms. The molecule has 6 heteroatoms. The lowest BCUT2D eigenvalue weighted by Crippen LogP contribution is -1.75. The third kappa shape index (κ3) is 2.04. The summed E-state index contributed by atoms with van der Waals surface area (Å²) in [5.41, 5.74) is 2.54. The third-order valence-electron chi connectivity index (χ3n) is 2.36. The molecule has 1 N–H and O–H groups in total. The highest BCUT2D eigenvalue weighted by atomic mass is 35.5. The Morgan fingerprint density at radius 1 is 1.12 bits per heavy atom. The van der Waals surface area contributed by atoms with Gasteiger partial charge in [-0.15, -0.1) is 11.3 Å². The van der Waals surface area contributed by atoms with Crippen LogP contribution in [-0.2, 0) is 0 Å². The number of thiophene rings is 1. The Bertz CT molecular complexity index is 702. The molecular weight excluding hydrogens is 299 g/mol. The molecule has 0 aliphatic rings. The number of halogens is 3. The molecule has 1 aromatic carbocycles. The predicted octanol–water partition coefficient (Wildman–Crippen LogP) is 5.25. The van der Waals surface area contributed by atoms with E-state index in [-0.39, 0.29) is 0 Å². The van der Waals surface area contributed by atoms with Crippen molar-refractivity contribution in [3.8, 4) is 11.4 Å². The van der Waals surface area contributed by atoms with Gasteiger partial charge in [0.1, 0.15) is 10.2 Å². The van der Waals surface area contributed by atoms with Crippen molar-refractivity contribution in [2.75, 3.05) is 0 Å². The maximum atomic E-state index is 6.09. The Kier molecular flexibility index (Phi) is 2.79. The highest BCUT2D eigenvalue weighted by Crippen LogP contribution is 2.37. The minimum Gasteiger partial charge on any atom is -0.338 e. The number of nitrogens with one attached hydrogen (secondary N) is 1. The lowest BCUT2D eigenvalue weighted by molar-refractivity contribution is 1.35. The number of fused-ring (bicyclic) bond motifs is 1. The molecule has 0 saturated carbocycles. The standard InChI is InChI=1S/C11H5Cl3N2S/c12-5-1-2-7-8(3-5)16-11(15-7)6-4-9(13)17-10(6)14/h1-4H,(H,15,16). The van der Waals surface area contributed by atoms with Gasteiger partial charge < -0.3 is 4.98 Å². The van der Waals surface area contributed by atoms with Crippen molar-refractivity contribution in [3.05, 3.63) is 38.0 Å². The van der Waals surface area contributed by atoms with Crippen molar-refractivity contribution in [1.82, 2.24) is 9.97 Å². The molecule has 0 spiro atoms. The summed E-state index contributed by atoms with van der Waals surface area (Å²) in [4.78, 5) is 7.62. The highest BCUT2D eigenvalue weighted by Gasteiger charge is 2.12. The van der Waals surface area contributed by atoms with E-state index in [2.05, 4.69) is 9.97 Å². The van der Waals surface area contributed by atoms with Crippen LogP contribution in [0.5, 0.6) is 0 Å². The van der Waals surface area contributed by atoms with Crippen LogP contribution in [0.25, 0.3) is 22.4 Å². The van der Waals surface area contributed by atoms with Crippen molar-refractivity contribution < 1.29 is 0 Å². The molecule has 0 saturated heterocycles. The zero-order valence-corrected chi connectivity index (χ0v) is 11.4. The van der Waals surface area contributed by atoms with Gasteiger partial charge in [0.05, 0.1) is 15.4 Å². The van der Waals surface area contributed by atoms with Crippen LogP contribution in [0, 0.1) is 0 Å². The minimum atomic E-state index is 0.625. The van der Waals surface area contributed by atoms with Gasteiger partial charge in [-0.2, -0.15) is 0 Å². The van der Waals surface area contributed by atoms with Crippen molar-refractivity contribution >= 4 is 57.2 Å². The second-order valence-corrected chi connectivity index (χ2v) is 6.21. The number of rotatable bonds is 1. The molecule has 3 aromatic rings. The topological polar surface area (TPSA) is 28.7 Å². The average Bonchev–Trinajstić information content (AvgIpc) is 2.80. The van der Waals surface area contributed by atoms with Crippen molar-refractivity contribution in [2.24, 2.45) is 0 Å². The fraction of sp³-hybridized carbons (Fsp3) is 0. The van der Waals surface area contributed by atoms with Crippen LogP contribution >= 0.6 is 46.1 Å². The van der Waals surface area contributed by atoms with Crippen molar-refractivity contribution in [1.29, 1.82) is 0 Å². The lowest BCUT2D eigenvalue weighted by Gasteiger charge is -1.90. The highest BCUT2D eigenvalue weighted by molar-refractivity contribution is 7.20. The molecule has 86 valence electrons. The van der Waals surface area contributed by atoms with E-state index in [1.54, 1.807) is 12.1 Å². The molecular formula is C11H5Cl3N2S. The molecule has 2 heterocycles. The Labute approximate surface area is 116 Å². The molecule has 3 rings (SSSR count). The molecule has 0 fully saturated rings. The second-order valence-electron chi connectivity index (χ2n) is 3.48. The monoisotopic (exact) mass is 302 g/mol. The lowest BCUT2D eigenvalue weighted by atomic mass is 10.3. The first kappa shape index (κ1) is 11.4. The molecule has 17 heavy (non-hydrogen) atoms. The van der Waals surface area contributed by atoms with Crippen molar-refractivity contribution in [2.45, 2.75) is 0 Å². The van der Waals surface area contributed by atoms with E-state index in [4.69, 9.17) is 34.8 Å². The van der Waals surface area contributed by atoms with Crippen LogP contribution in [-0.4, -0.2) is 9.97 Å². The quantitative estimate of drug-likeness (QED) is 0.653. The first-order valence-electron chi connectivity index (χ1n) is 4.74. The molecule has 0 aliphatic heterocycles. The Balaban J connectivity index is 2.21. The predicted molar refractivity (Wildman–Crippen MR) is 74.4 cm³/mol. The van der Waals surface area contributed by atoms with Crippen LogP contribution in [0.4, 0.5) is 0 Å². The maximum absolute atomic E-state index is 6.09. The zero-order valence-electron chi connectivity index (χ0n) is 8.30. The fourth-order valence-electron chi connectivity index (χ4n) is 1.61. The number of imidazole rings is 1. The summed E-state index contributed by atoms with van der Waals surface area (Å²) in [7, 11) is 0. The SMILES string of the molecule is Clc1ccc2nc(-c3cc(Cl)sc3Cl)[nH]c2c1. The van der Waals surface area contributed by atoms with E-state index in [1.807, 2.05) is 12.1 Å². The average molecular weight is 304 g/mol. The zero-order chi connectivity index (χ0) is 12.0. The molecule has 0 atom stereocenters. The summed E-state index contributed by atoms with van der Waals surface area (Å²) >= 11 is 19.2. The van der Waals surface area contributed by atoms with Crippen LogP contribution in [0.1, 0.15) is 0 Å². The van der Waals surface area contributed by atoms with Crippen LogP contribution in [0.2, 0.25) is 13.7 Å². The Hall–Kier alpha value is -0.740. The summed E-state index contributed by atoms with van der Waals surface area (Å²) in [5.74, 6) is 0.704. The number of hydrogen-bond acceptors (Lipinski definition) is 2. The number of aromatic amines is 1. The van der Waals surface area contributed by atoms with Crippen LogP contribution in [0.15, 0.2) is 24.3 Å². The maximum Gasteiger partial charge on any atom is 0.140 e. The van der Waals surface area contributed by atoms with E-state index in [1.165, 1.54) is 11.3 Å². The summed E-state index contributed by atoms with van der Waals surface area (Å²) in [6, 6.07) is 7.29. The number of nitrogens with zero attached hydrogens (tertiary/aromatic N) is 1. The summed E-state index contributed by atoms with van der Waals surface area (Å²) in [6.07, 6.45) is 0. The largest absolute Gasteiger partial charge is 0.338 e. The third-order valence-corrected chi connectivity index (χ3v) is 4.08. The number of H-pyrrole nitrogens is 1. The number of benzene rings is 1. The molecule has 2 aromatic heterocycles. The van der Waals surface area contributed by atoms with Gasteiger partial charge in [-0.05, 0) is 24.3 Å². The fourth-order valence-corrected chi connectivity index (χ4v) is 3.25. The van der Waals surface area contributed by atoms with E-state index in [0.717, 1.165) is 16.6 Å². The smallest absolute Gasteiger partial charge is 0.140 e. The van der Waals surface area contributed by atoms with E-state index in [9.17, 15) is 0 Å². The number of hydrogen-bond donors (Lipinski definition) is 1. The van der Waals surface area contributed by atoms with Gasteiger partial charge >= 0.3 is 0 Å². The van der Waals surface area contributed by atoms with Crippen LogP contribution in [0.3, 0.4) is 0 Å². The van der Waals surface area contributed by atoms with Crippen LogP contribution < -0.4 is 0 Å². The minimum absolute atomic E-state index is 0.625. The van der Waals surface area contributed by atoms with Gasteiger partial charge in [-0.1, -0.05) is 34.8 Å². The Morgan fingerprint density at radius 2 is 1.94 bits per heavy atom. The first-order valence-corrected chi connectivity index (χ1v) is 6.69. The summed E-state index contributed by atoms with van der Waals surface area (Å²) in [5, 5.41) is 0.669. The van der Waals surface area contributed by atoms with Gasteiger partial charge in [0.25, 0.3) is 0 Å². The first-order chi connectivity index (χ1) is 8.13. The van der Waals surface area contributed by atoms with E-state index < -0.39 is 0 Å². The molecule has 0 radical (unpaired) electrons. The van der Waals surface area contributed by atoms with Gasteiger partial charge in [0, 0.05) is 10.6 Å². The van der Waals surface area contributed by atoms with Gasteiger partial charge in [0.2, 0.25) is 0 Å². The van der Waals surface area contributed by atoms with E-state index >= 15 is 0 Å². The molecule has 0 aliphatic carbocycles. The summed E-state index contributed by atoms with van der Waals surface area (Å²) < 4.78 is 1.27. The van der Waals surface area contributed by atoms with Gasteiger partial charge in [-0.25, -0.2) is 4.98 Å². The summed E-state index contributed by atoms with van der Waals surface area (Å²) in [6.45, 7) is 0. The Morgan fingerprint density at radius 3 is 2.65 bits per heavy atom. The normalized spacial score (nSPS) is 11.2. The van der Waals surface area contributed by atoms with Gasteiger partial charge in [0.15, 0.2) is 0 Å². The van der Waals surface area contributed by atoms with E-state index in [0.29, 0.717) is 19.5 Å². The van der Waals surface area contributed by atoms with Crippen molar-refractivity contribution in [3.63, 3.8) is 0 Å².